The molecule has 0 amide bonds. The van der Waals surface area contributed by atoms with Gasteiger partial charge in [0.2, 0.25) is 0 Å². The van der Waals surface area contributed by atoms with E-state index < -0.39 is 47.8 Å². The molecule has 39 heavy (non-hydrogen) atoms. The lowest BCUT2D eigenvalue weighted by Crippen LogP contribution is -2.66. The standard InChI is InChI=1S/C30H46O9/c1-15-24(33)26(36-4)25(34)27(38-15)39-18-7-9-28(2)17(12-18)5-6-20-23(28)21(31)13-29(3)19(8-10-30(20,29)35)16-11-22(32)37-14-16/h11,15,17-21,23-27,31,33-35H,5-10,12-14H2,1-4H3/t15?,17-,18-,19-,20?,21?,23?,24+,25?,26?,27+,28+,29-,30+/m1/s1. The Morgan fingerprint density at radius 3 is 2.51 bits per heavy atom. The second-order valence-electron chi connectivity index (χ2n) is 13.9. The second kappa shape index (κ2) is 9.75. The van der Waals surface area contributed by atoms with Crippen molar-refractivity contribution in [3.05, 3.63) is 11.6 Å². The van der Waals surface area contributed by atoms with E-state index in [1.807, 2.05) is 0 Å². The quantitative estimate of drug-likeness (QED) is 0.307. The highest BCUT2D eigenvalue weighted by Gasteiger charge is 2.70. The zero-order valence-electron chi connectivity index (χ0n) is 23.6. The predicted molar refractivity (Wildman–Crippen MR) is 139 cm³/mol. The average Bonchev–Trinajstić information content (AvgIpc) is 3.42. The number of hydrogen-bond acceptors (Lipinski definition) is 9. The molecule has 1 saturated heterocycles. The van der Waals surface area contributed by atoms with Crippen molar-refractivity contribution in [2.45, 2.75) is 121 Å². The van der Waals surface area contributed by atoms with Gasteiger partial charge in [-0.2, -0.15) is 0 Å². The van der Waals surface area contributed by atoms with Crippen LogP contribution in [0.15, 0.2) is 11.6 Å². The molecule has 4 aliphatic carbocycles. The average molecular weight is 551 g/mol. The van der Waals surface area contributed by atoms with Gasteiger partial charge in [0.1, 0.15) is 24.9 Å². The number of methoxy groups -OCH3 is 1. The van der Waals surface area contributed by atoms with Gasteiger partial charge in [0.15, 0.2) is 6.29 Å². The first-order valence-electron chi connectivity index (χ1n) is 14.9. The molecular formula is C30H46O9. The minimum atomic E-state index is -1.08. The van der Waals surface area contributed by atoms with Crippen LogP contribution in [-0.2, 0) is 23.7 Å². The van der Waals surface area contributed by atoms with Gasteiger partial charge in [-0.3, -0.25) is 0 Å². The van der Waals surface area contributed by atoms with Crippen molar-refractivity contribution in [3.63, 3.8) is 0 Å². The van der Waals surface area contributed by atoms with Gasteiger partial charge in [-0.05, 0) is 93.0 Å². The molecule has 6 rings (SSSR count). The van der Waals surface area contributed by atoms with E-state index in [9.17, 15) is 25.2 Å². The number of aliphatic hydroxyl groups is 4. The molecule has 0 aromatic rings. The third-order valence-corrected chi connectivity index (χ3v) is 12.3. The molecule has 220 valence electrons. The summed E-state index contributed by atoms with van der Waals surface area (Å²) in [5, 5.41) is 45.2. The Morgan fingerprint density at radius 2 is 1.82 bits per heavy atom. The van der Waals surface area contributed by atoms with Crippen LogP contribution in [0.25, 0.3) is 0 Å². The van der Waals surface area contributed by atoms with Gasteiger partial charge in [0.05, 0.1) is 23.9 Å². The van der Waals surface area contributed by atoms with Crippen molar-refractivity contribution in [3.8, 4) is 0 Å². The molecule has 9 heteroatoms. The van der Waals surface area contributed by atoms with Crippen molar-refractivity contribution in [2.24, 2.45) is 34.5 Å². The van der Waals surface area contributed by atoms with E-state index in [2.05, 4.69) is 13.8 Å². The fourth-order valence-corrected chi connectivity index (χ4v) is 10.2. The van der Waals surface area contributed by atoms with Crippen molar-refractivity contribution < 1.29 is 44.2 Å². The largest absolute Gasteiger partial charge is 0.458 e. The predicted octanol–water partition coefficient (Wildman–Crippen LogP) is 2.08. The van der Waals surface area contributed by atoms with E-state index in [0.29, 0.717) is 25.4 Å². The molecule has 14 atom stereocenters. The van der Waals surface area contributed by atoms with Gasteiger partial charge in [-0.25, -0.2) is 4.79 Å². The van der Waals surface area contributed by atoms with Gasteiger partial charge < -0.3 is 39.4 Å². The summed E-state index contributed by atoms with van der Waals surface area (Å²) in [5.41, 5.74) is -0.550. The highest BCUT2D eigenvalue weighted by molar-refractivity contribution is 5.85. The number of ether oxygens (including phenoxy) is 4. The molecule has 0 aromatic heterocycles. The first kappa shape index (κ1) is 28.1. The van der Waals surface area contributed by atoms with E-state index in [4.69, 9.17) is 18.9 Å². The van der Waals surface area contributed by atoms with Crippen LogP contribution in [-0.4, -0.2) is 88.6 Å². The first-order valence-corrected chi connectivity index (χ1v) is 14.9. The highest BCUT2D eigenvalue weighted by Crippen LogP contribution is 2.70. The number of fused-ring (bicyclic) bond motifs is 5. The summed E-state index contributed by atoms with van der Waals surface area (Å²) in [6, 6.07) is 0. The molecule has 2 heterocycles. The lowest BCUT2D eigenvalue weighted by atomic mass is 9.42. The molecule has 0 spiro atoms. The van der Waals surface area contributed by atoms with Gasteiger partial charge >= 0.3 is 5.97 Å². The third-order valence-electron chi connectivity index (χ3n) is 12.3. The highest BCUT2D eigenvalue weighted by atomic mass is 16.7. The van der Waals surface area contributed by atoms with Gasteiger partial charge in [-0.15, -0.1) is 0 Å². The number of aliphatic hydroxyl groups excluding tert-OH is 3. The molecule has 6 aliphatic rings. The van der Waals surface area contributed by atoms with Crippen molar-refractivity contribution in [2.75, 3.05) is 13.7 Å². The fraction of sp³-hybridized carbons (Fsp3) is 0.900. The van der Waals surface area contributed by atoms with Crippen molar-refractivity contribution in [1.29, 1.82) is 0 Å². The number of carbonyl (C=O) groups is 1. The van der Waals surface area contributed by atoms with E-state index in [-0.39, 0.29) is 35.2 Å². The van der Waals surface area contributed by atoms with Crippen LogP contribution < -0.4 is 0 Å². The zero-order chi connectivity index (χ0) is 27.9. The summed E-state index contributed by atoms with van der Waals surface area (Å²) >= 11 is 0. The number of esters is 1. The first-order chi connectivity index (χ1) is 18.4. The van der Waals surface area contributed by atoms with Crippen LogP contribution in [0.5, 0.6) is 0 Å². The monoisotopic (exact) mass is 550 g/mol. The van der Waals surface area contributed by atoms with Gasteiger partial charge in [0.25, 0.3) is 0 Å². The topological polar surface area (TPSA) is 135 Å². The normalized spacial score (nSPS) is 55.3. The summed E-state index contributed by atoms with van der Waals surface area (Å²) < 4.78 is 22.7. The lowest BCUT2D eigenvalue weighted by Gasteiger charge is -2.65. The number of cyclic esters (lactones) is 1. The number of hydrogen-bond donors (Lipinski definition) is 4. The molecule has 4 saturated carbocycles. The lowest BCUT2D eigenvalue weighted by molar-refractivity contribution is -0.314. The van der Waals surface area contributed by atoms with Crippen LogP contribution in [0.2, 0.25) is 0 Å². The number of rotatable bonds is 4. The van der Waals surface area contributed by atoms with E-state index in [1.165, 1.54) is 7.11 Å². The Balaban J connectivity index is 1.18. The Bertz CT molecular complexity index is 1000. The molecule has 6 unspecified atom stereocenters. The Hall–Kier alpha value is -1.07. The molecule has 2 aliphatic heterocycles. The van der Waals surface area contributed by atoms with Crippen LogP contribution >= 0.6 is 0 Å². The van der Waals surface area contributed by atoms with Crippen LogP contribution in [0.4, 0.5) is 0 Å². The van der Waals surface area contributed by atoms with E-state index in [0.717, 1.165) is 44.1 Å². The molecule has 0 bridgehead atoms. The molecule has 4 N–H and O–H groups in total. The molecule has 5 fully saturated rings. The minimum Gasteiger partial charge on any atom is -0.458 e. The minimum absolute atomic E-state index is 0.00175. The maximum Gasteiger partial charge on any atom is 0.331 e. The van der Waals surface area contributed by atoms with Crippen LogP contribution in [0, 0.1) is 34.5 Å². The summed E-state index contributed by atoms with van der Waals surface area (Å²) in [4.78, 5) is 11.8. The van der Waals surface area contributed by atoms with Crippen LogP contribution in [0.3, 0.4) is 0 Å². The van der Waals surface area contributed by atoms with Crippen molar-refractivity contribution >= 4 is 5.97 Å². The molecule has 0 aromatic carbocycles. The SMILES string of the molecule is COC1C(O)[C@H](O[C@@H]2CC[C@]3(C)C4C(O)C[C@]5(C)[C@@H](C6=CC(=O)OC6)CC[C@]5(O)C4CC[C@@H]3C2)OC(C)[C@@H]1O. The van der Waals surface area contributed by atoms with E-state index >= 15 is 0 Å². The fourth-order valence-electron chi connectivity index (χ4n) is 10.2. The summed E-state index contributed by atoms with van der Waals surface area (Å²) in [6.45, 7) is 6.46. The Kier molecular flexibility index (Phi) is 7.02. The maximum absolute atomic E-state index is 12.4. The van der Waals surface area contributed by atoms with Gasteiger partial charge in [0, 0.05) is 18.6 Å². The summed E-state index contributed by atoms with van der Waals surface area (Å²) in [7, 11) is 1.47. The van der Waals surface area contributed by atoms with Gasteiger partial charge in [-0.1, -0.05) is 13.8 Å². The summed E-state index contributed by atoms with van der Waals surface area (Å²) in [6.07, 6.45) is 3.05. The van der Waals surface area contributed by atoms with Crippen LogP contribution in [0.1, 0.15) is 72.1 Å². The van der Waals surface area contributed by atoms with E-state index in [1.54, 1.807) is 13.0 Å². The molecule has 9 nitrogen and oxygen atoms in total. The Labute approximate surface area is 230 Å². The molecule has 0 radical (unpaired) electrons. The maximum atomic E-state index is 12.4. The second-order valence-corrected chi connectivity index (χ2v) is 13.9. The summed E-state index contributed by atoms with van der Waals surface area (Å²) in [5.74, 6) is 0.0523. The number of carbonyl (C=O) groups excluding carboxylic acids is 1. The van der Waals surface area contributed by atoms with Crippen molar-refractivity contribution in [1.82, 2.24) is 0 Å². The molecular weight excluding hydrogens is 504 g/mol. The Morgan fingerprint density at radius 1 is 1.05 bits per heavy atom. The zero-order valence-corrected chi connectivity index (χ0v) is 23.6. The third kappa shape index (κ3) is 4.09. The smallest absolute Gasteiger partial charge is 0.331 e.